The van der Waals surface area contributed by atoms with Gasteiger partial charge in [-0.05, 0) is 37.5 Å². The summed E-state index contributed by atoms with van der Waals surface area (Å²) >= 11 is 1.73. The Bertz CT molecular complexity index is 417. The molecule has 2 N–H and O–H groups in total. The lowest BCUT2D eigenvalue weighted by atomic mass is 10.2. The number of carbonyl (C=O) groups excluding carboxylic acids is 1. The third-order valence-electron chi connectivity index (χ3n) is 2.52. The van der Waals surface area contributed by atoms with Crippen molar-refractivity contribution in [1.82, 2.24) is 9.88 Å². The Hall–Kier alpha value is -1.43. The molecule has 0 aliphatic carbocycles. The van der Waals surface area contributed by atoms with Gasteiger partial charge in [0.15, 0.2) is 0 Å². The Morgan fingerprint density at radius 1 is 1.56 bits per heavy atom. The van der Waals surface area contributed by atoms with Gasteiger partial charge in [-0.1, -0.05) is 0 Å². The number of aromatic nitrogens is 1. The molecule has 1 heterocycles. The molecule has 1 rings (SSSR count). The number of nitrogens with one attached hydrogen (secondary N) is 1. The second-order valence-electron chi connectivity index (χ2n) is 4.08. The van der Waals surface area contributed by atoms with Crippen LogP contribution in [0.1, 0.15) is 23.8 Å². The molecule has 18 heavy (non-hydrogen) atoms. The van der Waals surface area contributed by atoms with Crippen LogP contribution < -0.4 is 5.32 Å². The summed E-state index contributed by atoms with van der Waals surface area (Å²) < 4.78 is 1.43. The summed E-state index contributed by atoms with van der Waals surface area (Å²) in [5, 5.41) is 11.8. The molecule has 0 aromatic carbocycles. The Kier molecular flexibility index (Phi) is 5.77. The van der Waals surface area contributed by atoms with Crippen LogP contribution in [0.15, 0.2) is 18.3 Å². The van der Waals surface area contributed by atoms with Gasteiger partial charge in [-0.15, -0.1) is 0 Å². The number of aromatic carboxylic acids is 1. The van der Waals surface area contributed by atoms with Crippen molar-refractivity contribution in [2.75, 3.05) is 12.0 Å². The Morgan fingerprint density at radius 3 is 2.89 bits per heavy atom. The Labute approximate surface area is 111 Å². The number of carboxylic acid groups (broad SMARTS) is 1. The molecule has 100 valence electrons. The highest BCUT2D eigenvalue weighted by Crippen LogP contribution is 2.03. The maximum absolute atomic E-state index is 11.7. The van der Waals surface area contributed by atoms with E-state index in [1.54, 1.807) is 24.0 Å². The van der Waals surface area contributed by atoms with E-state index in [2.05, 4.69) is 5.32 Å². The summed E-state index contributed by atoms with van der Waals surface area (Å²) in [7, 11) is 0. The highest BCUT2D eigenvalue weighted by Gasteiger charge is 2.12. The minimum Gasteiger partial charge on any atom is -0.477 e. The van der Waals surface area contributed by atoms with E-state index in [0.29, 0.717) is 0 Å². The lowest BCUT2D eigenvalue weighted by molar-refractivity contribution is -0.122. The third-order valence-corrected chi connectivity index (χ3v) is 3.17. The highest BCUT2D eigenvalue weighted by molar-refractivity contribution is 7.98. The number of thioether (sulfide) groups is 1. The molecule has 0 radical (unpaired) electrons. The summed E-state index contributed by atoms with van der Waals surface area (Å²) in [6.07, 6.45) is 4.52. The van der Waals surface area contributed by atoms with E-state index < -0.39 is 5.97 Å². The maximum atomic E-state index is 11.7. The Morgan fingerprint density at radius 2 is 2.28 bits per heavy atom. The van der Waals surface area contributed by atoms with Crippen molar-refractivity contribution in [2.24, 2.45) is 0 Å². The molecule has 1 unspecified atom stereocenters. The monoisotopic (exact) mass is 270 g/mol. The van der Waals surface area contributed by atoms with Crippen molar-refractivity contribution in [2.45, 2.75) is 25.9 Å². The van der Waals surface area contributed by atoms with Crippen LogP contribution in [0.5, 0.6) is 0 Å². The van der Waals surface area contributed by atoms with Gasteiger partial charge >= 0.3 is 5.97 Å². The summed E-state index contributed by atoms with van der Waals surface area (Å²) in [6.45, 7) is 1.99. The maximum Gasteiger partial charge on any atom is 0.352 e. The van der Waals surface area contributed by atoms with E-state index in [9.17, 15) is 9.59 Å². The van der Waals surface area contributed by atoms with E-state index in [1.165, 1.54) is 10.6 Å². The normalized spacial score (nSPS) is 12.1. The van der Waals surface area contributed by atoms with Crippen molar-refractivity contribution in [3.05, 3.63) is 24.0 Å². The van der Waals surface area contributed by atoms with Crippen LogP contribution in [0.4, 0.5) is 0 Å². The topological polar surface area (TPSA) is 71.3 Å². The number of rotatable bonds is 7. The van der Waals surface area contributed by atoms with Gasteiger partial charge in [0.1, 0.15) is 12.2 Å². The van der Waals surface area contributed by atoms with Gasteiger partial charge in [-0.2, -0.15) is 11.8 Å². The first-order valence-corrected chi connectivity index (χ1v) is 7.10. The Balaban J connectivity index is 2.49. The average molecular weight is 270 g/mol. The van der Waals surface area contributed by atoms with Crippen LogP contribution in [-0.4, -0.2) is 39.6 Å². The molecule has 0 saturated carbocycles. The van der Waals surface area contributed by atoms with Gasteiger partial charge in [0.05, 0.1) is 0 Å². The fourth-order valence-corrected chi connectivity index (χ4v) is 2.18. The fraction of sp³-hybridized carbons (Fsp3) is 0.500. The minimum absolute atomic E-state index is 0.0399. The van der Waals surface area contributed by atoms with Crippen molar-refractivity contribution >= 4 is 23.6 Å². The van der Waals surface area contributed by atoms with Crippen molar-refractivity contribution in [3.63, 3.8) is 0 Å². The quantitative estimate of drug-likeness (QED) is 0.786. The molecule has 0 bridgehead atoms. The zero-order valence-corrected chi connectivity index (χ0v) is 11.4. The van der Waals surface area contributed by atoms with Crippen molar-refractivity contribution < 1.29 is 14.7 Å². The number of amides is 1. The summed E-state index contributed by atoms with van der Waals surface area (Å²) in [6, 6.07) is 3.20. The molecule has 1 amide bonds. The predicted molar refractivity (Wildman–Crippen MR) is 72.0 cm³/mol. The van der Waals surface area contributed by atoms with E-state index in [1.807, 2.05) is 13.2 Å². The molecule has 1 atom stereocenters. The molecular weight excluding hydrogens is 252 g/mol. The zero-order valence-electron chi connectivity index (χ0n) is 10.5. The number of carboxylic acids is 1. The van der Waals surface area contributed by atoms with Crippen molar-refractivity contribution in [1.29, 1.82) is 0 Å². The number of carbonyl (C=O) groups is 2. The van der Waals surface area contributed by atoms with Gasteiger partial charge in [0.25, 0.3) is 0 Å². The van der Waals surface area contributed by atoms with Crippen LogP contribution in [-0.2, 0) is 11.3 Å². The summed E-state index contributed by atoms with van der Waals surface area (Å²) in [4.78, 5) is 22.6. The zero-order chi connectivity index (χ0) is 13.5. The number of hydrogen-bond donors (Lipinski definition) is 2. The second-order valence-corrected chi connectivity index (χ2v) is 5.06. The van der Waals surface area contributed by atoms with Crippen LogP contribution >= 0.6 is 11.8 Å². The lowest BCUT2D eigenvalue weighted by Crippen LogP contribution is -2.35. The number of nitrogens with zero attached hydrogens (tertiary/aromatic N) is 1. The molecule has 0 fully saturated rings. The first-order chi connectivity index (χ1) is 8.54. The van der Waals surface area contributed by atoms with Gasteiger partial charge < -0.3 is 15.0 Å². The van der Waals surface area contributed by atoms with Crippen LogP contribution in [0.3, 0.4) is 0 Å². The van der Waals surface area contributed by atoms with E-state index >= 15 is 0 Å². The lowest BCUT2D eigenvalue weighted by Gasteiger charge is -2.14. The van der Waals surface area contributed by atoms with Crippen LogP contribution in [0.25, 0.3) is 0 Å². The minimum atomic E-state index is -1.02. The van der Waals surface area contributed by atoms with Crippen LogP contribution in [0.2, 0.25) is 0 Å². The predicted octanol–water partition coefficient (Wildman–Crippen LogP) is 1.44. The highest BCUT2D eigenvalue weighted by atomic mass is 32.2. The second kappa shape index (κ2) is 7.10. The van der Waals surface area contributed by atoms with Gasteiger partial charge in [0, 0.05) is 12.2 Å². The van der Waals surface area contributed by atoms with Gasteiger partial charge in [-0.3, -0.25) is 4.79 Å². The fourth-order valence-electron chi connectivity index (χ4n) is 1.59. The third kappa shape index (κ3) is 4.44. The first-order valence-electron chi connectivity index (χ1n) is 5.71. The van der Waals surface area contributed by atoms with E-state index in [4.69, 9.17) is 5.11 Å². The molecule has 0 aliphatic heterocycles. The molecule has 1 aromatic rings. The number of hydrogen-bond acceptors (Lipinski definition) is 3. The molecule has 0 aliphatic rings. The van der Waals surface area contributed by atoms with Crippen LogP contribution in [0, 0.1) is 0 Å². The molecule has 6 heteroatoms. The summed E-state index contributed by atoms with van der Waals surface area (Å²) in [5.41, 5.74) is 0.127. The van der Waals surface area contributed by atoms with Gasteiger partial charge in [0.2, 0.25) is 5.91 Å². The summed E-state index contributed by atoms with van der Waals surface area (Å²) in [5.74, 6) is -0.198. The molecular formula is C12H18N2O3S. The largest absolute Gasteiger partial charge is 0.477 e. The molecule has 1 aromatic heterocycles. The standard InChI is InChI=1S/C12H18N2O3S/c1-9(5-7-18-2)13-11(15)8-14-6-3-4-10(14)12(16)17/h3-4,6,9H,5,7-8H2,1-2H3,(H,13,15)(H,16,17). The molecule has 0 saturated heterocycles. The SMILES string of the molecule is CSCCC(C)NC(=O)Cn1cccc1C(=O)O. The van der Waals surface area contributed by atoms with Crippen molar-refractivity contribution in [3.8, 4) is 0 Å². The molecule has 0 spiro atoms. The van der Waals surface area contributed by atoms with E-state index in [0.717, 1.165) is 12.2 Å². The first kappa shape index (κ1) is 14.6. The molecule has 5 nitrogen and oxygen atoms in total. The van der Waals surface area contributed by atoms with E-state index in [-0.39, 0.29) is 24.2 Å². The van der Waals surface area contributed by atoms with Gasteiger partial charge in [-0.25, -0.2) is 4.79 Å². The smallest absolute Gasteiger partial charge is 0.352 e. The average Bonchev–Trinajstić information content (AvgIpc) is 2.74.